The Labute approximate surface area is 174 Å². The van der Waals surface area contributed by atoms with Crippen LogP contribution in [0.5, 0.6) is 17.2 Å². The molecule has 3 aromatic rings. The number of hydrogen-bond acceptors (Lipinski definition) is 5. The summed E-state index contributed by atoms with van der Waals surface area (Å²) in [5.41, 5.74) is 1.45. The van der Waals surface area contributed by atoms with Crippen molar-refractivity contribution in [3.63, 3.8) is 0 Å². The van der Waals surface area contributed by atoms with Gasteiger partial charge >= 0.3 is 0 Å². The maximum Gasteiger partial charge on any atom is 0.269 e. The molecule has 0 saturated carbocycles. The second-order valence-corrected chi connectivity index (χ2v) is 6.58. The van der Waals surface area contributed by atoms with Crippen molar-refractivity contribution >= 4 is 17.5 Å². The maximum atomic E-state index is 12.5. The third-order valence-electron chi connectivity index (χ3n) is 4.26. The van der Waals surface area contributed by atoms with Crippen LogP contribution in [0.3, 0.4) is 0 Å². The van der Waals surface area contributed by atoms with Gasteiger partial charge in [-0.2, -0.15) is 5.10 Å². The highest BCUT2D eigenvalue weighted by Gasteiger charge is 2.12. The first-order valence-corrected chi connectivity index (χ1v) is 9.38. The van der Waals surface area contributed by atoms with E-state index in [0.29, 0.717) is 40.9 Å². The van der Waals surface area contributed by atoms with E-state index in [4.69, 9.17) is 25.8 Å². The molecule has 7 nitrogen and oxygen atoms in total. The van der Waals surface area contributed by atoms with Crippen molar-refractivity contribution in [1.29, 1.82) is 0 Å². The molecule has 0 bridgehead atoms. The summed E-state index contributed by atoms with van der Waals surface area (Å²) in [6, 6.07) is 14.3. The second-order valence-electron chi connectivity index (χ2n) is 6.14. The zero-order valence-electron chi connectivity index (χ0n) is 16.2. The van der Waals surface area contributed by atoms with E-state index < -0.39 is 0 Å². The molecule has 0 unspecified atom stereocenters. The van der Waals surface area contributed by atoms with Gasteiger partial charge in [0.1, 0.15) is 11.4 Å². The van der Waals surface area contributed by atoms with E-state index in [0.717, 1.165) is 5.56 Å². The van der Waals surface area contributed by atoms with Crippen LogP contribution in [0.2, 0.25) is 5.02 Å². The SMILES string of the molecule is COc1ccc(CCNC(=O)c2ccnn2COc2ccc(Cl)cc2)cc1OC. The van der Waals surface area contributed by atoms with Gasteiger partial charge in [0.15, 0.2) is 18.2 Å². The predicted molar refractivity (Wildman–Crippen MR) is 110 cm³/mol. The summed E-state index contributed by atoms with van der Waals surface area (Å²) < 4.78 is 17.7. The van der Waals surface area contributed by atoms with Crippen LogP contribution in [0.25, 0.3) is 0 Å². The van der Waals surface area contributed by atoms with Crippen LogP contribution >= 0.6 is 11.6 Å². The maximum absolute atomic E-state index is 12.5. The lowest BCUT2D eigenvalue weighted by atomic mass is 10.1. The summed E-state index contributed by atoms with van der Waals surface area (Å²) in [7, 11) is 3.19. The lowest BCUT2D eigenvalue weighted by Crippen LogP contribution is -2.28. The Morgan fingerprint density at radius 2 is 1.83 bits per heavy atom. The fraction of sp³-hybridized carbons (Fsp3) is 0.238. The van der Waals surface area contributed by atoms with E-state index in [9.17, 15) is 4.79 Å². The number of nitrogens with one attached hydrogen (secondary N) is 1. The van der Waals surface area contributed by atoms with Gasteiger partial charge in [0, 0.05) is 17.8 Å². The Kier molecular flexibility index (Phi) is 6.97. The van der Waals surface area contributed by atoms with Gasteiger partial charge in [-0.05, 0) is 54.4 Å². The molecular weight excluding hydrogens is 394 g/mol. The van der Waals surface area contributed by atoms with Crippen molar-refractivity contribution in [3.05, 3.63) is 71.0 Å². The average molecular weight is 416 g/mol. The first-order valence-electron chi connectivity index (χ1n) is 9.00. The summed E-state index contributed by atoms with van der Waals surface area (Å²) in [5, 5.41) is 7.68. The van der Waals surface area contributed by atoms with Crippen LogP contribution in [0.4, 0.5) is 0 Å². The molecule has 29 heavy (non-hydrogen) atoms. The predicted octanol–water partition coefficient (Wildman–Crippen LogP) is 3.56. The molecule has 1 amide bonds. The van der Waals surface area contributed by atoms with Crippen LogP contribution in [0, 0.1) is 0 Å². The molecule has 1 heterocycles. The van der Waals surface area contributed by atoms with Crippen LogP contribution in [0.15, 0.2) is 54.7 Å². The molecule has 0 spiro atoms. The molecule has 1 aromatic heterocycles. The molecule has 0 aliphatic carbocycles. The number of aromatic nitrogens is 2. The summed E-state index contributed by atoms with van der Waals surface area (Å²) >= 11 is 5.86. The van der Waals surface area contributed by atoms with E-state index in [1.54, 1.807) is 50.7 Å². The van der Waals surface area contributed by atoms with Crippen LogP contribution in [-0.4, -0.2) is 36.5 Å². The van der Waals surface area contributed by atoms with Crippen molar-refractivity contribution in [1.82, 2.24) is 15.1 Å². The molecule has 1 N–H and O–H groups in total. The van der Waals surface area contributed by atoms with Crippen molar-refractivity contribution in [2.24, 2.45) is 0 Å². The molecule has 0 aliphatic rings. The largest absolute Gasteiger partial charge is 0.493 e. The van der Waals surface area contributed by atoms with Gasteiger partial charge in [-0.15, -0.1) is 0 Å². The van der Waals surface area contributed by atoms with Crippen molar-refractivity contribution in [2.45, 2.75) is 13.2 Å². The van der Waals surface area contributed by atoms with Gasteiger partial charge in [0.05, 0.1) is 14.2 Å². The number of methoxy groups -OCH3 is 2. The summed E-state index contributed by atoms with van der Waals surface area (Å²) in [6.07, 6.45) is 2.22. The molecule has 0 saturated heterocycles. The molecule has 0 aliphatic heterocycles. The highest BCUT2D eigenvalue weighted by atomic mass is 35.5. The first-order chi connectivity index (χ1) is 14.1. The molecule has 0 fully saturated rings. The minimum Gasteiger partial charge on any atom is -0.493 e. The summed E-state index contributed by atoms with van der Waals surface area (Å²) in [4.78, 5) is 12.5. The van der Waals surface area contributed by atoms with Gasteiger partial charge in [-0.3, -0.25) is 4.79 Å². The highest BCUT2D eigenvalue weighted by Crippen LogP contribution is 2.27. The van der Waals surface area contributed by atoms with Crippen LogP contribution in [0.1, 0.15) is 16.1 Å². The highest BCUT2D eigenvalue weighted by molar-refractivity contribution is 6.30. The van der Waals surface area contributed by atoms with Gasteiger partial charge in [-0.1, -0.05) is 17.7 Å². The molecule has 0 radical (unpaired) electrons. The molecule has 152 valence electrons. The van der Waals surface area contributed by atoms with Crippen molar-refractivity contribution in [2.75, 3.05) is 20.8 Å². The fourth-order valence-corrected chi connectivity index (χ4v) is 2.87. The molecule has 8 heteroatoms. The second kappa shape index (κ2) is 9.84. The van der Waals surface area contributed by atoms with E-state index in [-0.39, 0.29) is 12.6 Å². The number of amides is 1. The number of ether oxygens (including phenoxy) is 3. The first kappa shape index (κ1) is 20.5. The third kappa shape index (κ3) is 5.42. The monoisotopic (exact) mass is 415 g/mol. The number of carbonyl (C=O) groups excluding carboxylic acids is 1. The van der Waals surface area contributed by atoms with Gasteiger partial charge in [0.2, 0.25) is 0 Å². The number of nitrogens with zero attached hydrogens (tertiary/aromatic N) is 2. The normalized spacial score (nSPS) is 10.4. The molecule has 0 atom stereocenters. The molecular formula is C21H22ClN3O4. The van der Waals surface area contributed by atoms with Crippen LogP contribution in [-0.2, 0) is 13.2 Å². The number of carbonyl (C=O) groups is 1. The van der Waals surface area contributed by atoms with Crippen molar-refractivity contribution in [3.8, 4) is 17.2 Å². The quantitative estimate of drug-likeness (QED) is 0.578. The standard InChI is InChI=1S/C21H22ClN3O4/c1-27-19-8-3-15(13-20(19)28-2)9-11-23-21(26)18-10-12-24-25(18)14-29-17-6-4-16(22)5-7-17/h3-8,10,12-13H,9,11,14H2,1-2H3,(H,23,26). The summed E-state index contributed by atoms with van der Waals surface area (Å²) in [5.74, 6) is 1.76. The Hall–Kier alpha value is -3.19. The lowest BCUT2D eigenvalue weighted by molar-refractivity contribution is 0.0933. The van der Waals surface area contributed by atoms with Crippen LogP contribution < -0.4 is 19.5 Å². The Morgan fingerprint density at radius 3 is 2.55 bits per heavy atom. The number of benzene rings is 2. The molecule has 3 rings (SSSR count). The number of hydrogen-bond donors (Lipinski definition) is 1. The molecule has 2 aromatic carbocycles. The smallest absolute Gasteiger partial charge is 0.269 e. The Morgan fingerprint density at radius 1 is 1.07 bits per heavy atom. The van der Waals surface area contributed by atoms with Gasteiger partial charge in [0.25, 0.3) is 5.91 Å². The van der Waals surface area contributed by atoms with E-state index >= 15 is 0 Å². The van der Waals surface area contributed by atoms with Gasteiger partial charge in [-0.25, -0.2) is 4.68 Å². The van der Waals surface area contributed by atoms with E-state index in [2.05, 4.69) is 10.4 Å². The lowest BCUT2D eigenvalue weighted by Gasteiger charge is -2.11. The Bertz CT molecular complexity index is 957. The van der Waals surface area contributed by atoms with Gasteiger partial charge < -0.3 is 19.5 Å². The minimum atomic E-state index is -0.220. The minimum absolute atomic E-state index is 0.118. The Balaban J connectivity index is 1.54. The fourth-order valence-electron chi connectivity index (χ4n) is 2.74. The zero-order chi connectivity index (χ0) is 20.6. The average Bonchev–Trinajstić information content (AvgIpc) is 3.22. The van der Waals surface area contributed by atoms with E-state index in [1.165, 1.54) is 4.68 Å². The van der Waals surface area contributed by atoms with E-state index in [1.807, 2.05) is 18.2 Å². The van der Waals surface area contributed by atoms with Crippen molar-refractivity contribution < 1.29 is 19.0 Å². The number of rotatable bonds is 9. The zero-order valence-corrected chi connectivity index (χ0v) is 17.0. The summed E-state index contributed by atoms with van der Waals surface area (Å²) in [6.45, 7) is 0.588. The number of halogens is 1. The topological polar surface area (TPSA) is 74.6 Å². The third-order valence-corrected chi connectivity index (χ3v) is 4.52.